The highest BCUT2D eigenvalue weighted by Crippen LogP contribution is 2.17. The lowest BCUT2D eigenvalue weighted by molar-refractivity contribution is -0.123. The van der Waals surface area contributed by atoms with Crippen LogP contribution in [0, 0.1) is 0 Å². The molecule has 0 aromatic heterocycles. The zero-order valence-corrected chi connectivity index (χ0v) is 17.4. The topological polar surface area (TPSA) is 131 Å². The van der Waals surface area contributed by atoms with E-state index in [1.54, 1.807) is 13.8 Å². The first kappa shape index (κ1) is 22.8. The SMILES string of the molecule is CC(C)NS(=O)(=O)c1cccc(C(=O)OCC(=O)NC(=O)NC2CCCCC2)c1. The summed E-state index contributed by atoms with van der Waals surface area (Å²) in [6.45, 7) is 2.70. The molecule has 0 spiro atoms. The maximum Gasteiger partial charge on any atom is 0.338 e. The highest BCUT2D eigenvalue weighted by atomic mass is 32.2. The molecule has 10 heteroatoms. The lowest BCUT2D eigenvalue weighted by atomic mass is 9.96. The van der Waals surface area contributed by atoms with Crippen LogP contribution in [0.25, 0.3) is 0 Å². The van der Waals surface area contributed by atoms with Gasteiger partial charge in [0.1, 0.15) is 0 Å². The van der Waals surface area contributed by atoms with Crippen LogP contribution in [0.4, 0.5) is 4.79 Å². The molecule has 9 nitrogen and oxygen atoms in total. The van der Waals surface area contributed by atoms with Crippen molar-refractivity contribution in [3.05, 3.63) is 29.8 Å². The van der Waals surface area contributed by atoms with Crippen molar-refractivity contribution in [2.24, 2.45) is 0 Å². The van der Waals surface area contributed by atoms with Crippen LogP contribution in [0.5, 0.6) is 0 Å². The smallest absolute Gasteiger partial charge is 0.338 e. The molecule has 160 valence electrons. The molecule has 0 atom stereocenters. The van der Waals surface area contributed by atoms with E-state index in [9.17, 15) is 22.8 Å². The molecule has 0 bridgehead atoms. The highest BCUT2D eigenvalue weighted by molar-refractivity contribution is 7.89. The van der Waals surface area contributed by atoms with E-state index in [2.05, 4.69) is 15.4 Å². The maximum absolute atomic E-state index is 12.2. The number of carbonyl (C=O) groups excluding carboxylic acids is 3. The largest absolute Gasteiger partial charge is 0.452 e. The van der Waals surface area contributed by atoms with Gasteiger partial charge in [-0.2, -0.15) is 0 Å². The third kappa shape index (κ3) is 7.47. The number of imide groups is 1. The first-order chi connectivity index (χ1) is 13.7. The van der Waals surface area contributed by atoms with Crippen molar-refractivity contribution in [1.82, 2.24) is 15.4 Å². The quantitative estimate of drug-likeness (QED) is 0.570. The summed E-state index contributed by atoms with van der Waals surface area (Å²) >= 11 is 0. The van der Waals surface area contributed by atoms with Crippen LogP contribution in [0.3, 0.4) is 0 Å². The lowest BCUT2D eigenvalue weighted by Gasteiger charge is -2.22. The molecule has 0 aliphatic heterocycles. The fourth-order valence-electron chi connectivity index (χ4n) is 3.01. The molecule has 1 aliphatic rings. The van der Waals surface area contributed by atoms with Gasteiger partial charge in [0.15, 0.2) is 6.61 Å². The van der Waals surface area contributed by atoms with Gasteiger partial charge in [-0.25, -0.2) is 22.7 Å². The van der Waals surface area contributed by atoms with Gasteiger partial charge in [0.25, 0.3) is 5.91 Å². The minimum atomic E-state index is -3.77. The molecule has 3 amide bonds. The van der Waals surface area contributed by atoms with Gasteiger partial charge in [0.2, 0.25) is 10.0 Å². The Kier molecular flexibility index (Phi) is 8.15. The summed E-state index contributed by atoms with van der Waals surface area (Å²) in [7, 11) is -3.77. The first-order valence-corrected chi connectivity index (χ1v) is 11.1. The van der Waals surface area contributed by atoms with Gasteiger partial charge in [0, 0.05) is 12.1 Å². The van der Waals surface area contributed by atoms with E-state index in [1.165, 1.54) is 24.3 Å². The van der Waals surface area contributed by atoms with Crippen molar-refractivity contribution in [2.45, 2.75) is 62.9 Å². The average molecular weight is 426 g/mol. The summed E-state index contributed by atoms with van der Waals surface area (Å²) in [4.78, 5) is 35.7. The van der Waals surface area contributed by atoms with Crippen LogP contribution < -0.4 is 15.4 Å². The minimum absolute atomic E-state index is 0.0175. The van der Waals surface area contributed by atoms with Gasteiger partial charge < -0.3 is 10.1 Å². The van der Waals surface area contributed by atoms with Gasteiger partial charge in [-0.1, -0.05) is 25.3 Å². The number of sulfonamides is 1. The summed E-state index contributed by atoms with van der Waals surface area (Å²) in [6.07, 6.45) is 4.98. The zero-order valence-electron chi connectivity index (χ0n) is 16.6. The Hall–Kier alpha value is -2.46. The van der Waals surface area contributed by atoms with Crippen molar-refractivity contribution < 1.29 is 27.5 Å². The molecular formula is C19H27N3O6S. The molecule has 1 aromatic carbocycles. The molecule has 1 fully saturated rings. The summed E-state index contributed by atoms with van der Waals surface area (Å²) in [5.41, 5.74) is -0.0175. The van der Waals surface area contributed by atoms with Crippen molar-refractivity contribution in [1.29, 1.82) is 0 Å². The second kappa shape index (κ2) is 10.4. The number of ether oxygens (including phenoxy) is 1. The third-order valence-corrected chi connectivity index (χ3v) is 5.95. The second-order valence-corrected chi connectivity index (χ2v) is 8.95. The molecule has 1 aliphatic carbocycles. The molecule has 1 aromatic rings. The van der Waals surface area contributed by atoms with Crippen molar-refractivity contribution in [3.8, 4) is 0 Å². The van der Waals surface area contributed by atoms with Crippen molar-refractivity contribution >= 4 is 27.9 Å². The molecule has 1 saturated carbocycles. The van der Waals surface area contributed by atoms with Gasteiger partial charge >= 0.3 is 12.0 Å². The number of hydrogen-bond acceptors (Lipinski definition) is 6. The second-order valence-electron chi connectivity index (χ2n) is 7.24. The summed E-state index contributed by atoms with van der Waals surface area (Å²) < 4.78 is 31.7. The van der Waals surface area contributed by atoms with E-state index in [4.69, 9.17) is 4.74 Å². The number of amides is 3. The lowest BCUT2D eigenvalue weighted by Crippen LogP contribution is -2.46. The molecule has 0 radical (unpaired) electrons. The van der Waals surface area contributed by atoms with Crippen molar-refractivity contribution in [3.63, 3.8) is 0 Å². The normalized spacial score (nSPS) is 15.0. The number of benzene rings is 1. The predicted octanol–water partition coefficient (Wildman–Crippen LogP) is 1.69. The Morgan fingerprint density at radius 2 is 1.83 bits per heavy atom. The van der Waals surface area contributed by atoms with Crippen LogP contribution in [0.15, 0.2) is 29.2 Å². The van der Waals surface area contributed by atoms with Crippen LogP contribution in [-0.2, 0) is 19.6 Å². The Morgan fingerprint density at radius 3 is 2.48 bits per heavy atom. The van der Waals surface area contributed by atoms with Gasteiger partial charge in [-0.15, -0.1) is 0 Å². The Morgan fingerprint density at radius 1 is 1.14 bits per heavy atom. The highest BCUT2D eigenvalue weighted by Gasteiger charge is 2.20. The van der Waals surface area contributed by atoms with E-state index in [-0.39, 0.29) is 22.5 Å². The van der Waals surface area contributed by atoms with E-state index in [0.717, 1.165) is 32.1 Å². The minimum Gasteiger partial charge on any atom is -0.452 e. The molecule has 0 saturated heterocycles. The maximum atomic E-state index is 12.2. The molecule has 29 heavy (non-hydrogen) atoms. The summed E-state index contributed by atoms with van der Waals surface area (Å²) in [5, 5.41) is 4.84. The van der Waals surface area contributed by atoms with E-state index in [1.807, 2.05) is 0 Å². The Balaban J connectivity index is 1.86. The van der Waals surface area contributed by atoms with Gasteiger partial charge in [-0.05, 0) is 44.9 Å². The molecule has 2 rings (SSSR count). The Bertz CT molecular complexity index is 847. The van der Waals surface area contributed by atoms with E-state index in [0.29, 0.717) is 0 Å². The van der Waals surface area contributed by atoms with Crippen LogP contribution in [0.2, 0.25) is 0 Å². The zero-order chi connectivity index (χ0) is 21.4. The number of hydrogen-bond donors (Lipinski definition) is 3. The summed E-state index contributed by atoms with van der Waals surface area (Å²) in [6, 6.07) is 4.42. The van der Waals surface area contributed by atoms with Crippen molar-refractivity contribution in [2.75, 3.05) is 6.61 Å². The monoisotopic (exact) mass is 425 g/mol. The van der Waals surface area contributed by atoms with E-state index >= 15 is 0 Å². The number of rotatable bonds is 7. The van der Waals surface area contributed by atoms with Crippen LogP contribution in [-0.4, -0.2) is 45.0 Å². The Labute approximate surface area is 170 Å². The van der Waals surface area contributed by atoms with E-state index < -0.39 is 34.5 Å². The van der Waals surface area contributed by atoms with Gasteiger partial charge in [0.05, 0.1) is 10.5 Å². The standard InChI is InChI=1S/C19H27N3O6S/c1-13(2)22-29(26,27)16-10-6-7-14(11-16)18(24)28-12-17(23)21-19(25)20-15-8-4-3-5-9-15/h6-7,10-11,13,15,22H,3-5,8-9,12H2,1-2H3,(H2,20,21,23,25). The molecule has 0 unspecified atom stereocenters. The van der Waals surface area contributed by atoms with Crippen LogP contribution in [0.1, 0.15) is 56.3 Å². The fraction of sp³-hybridized carbons (Fsp3) is 0.526. The number of carbonyl (C=O) groups is 3. The average Bonchev–Trinajstić information content (AvgIpc) is 2.66. The van der Waals surface area contributed by atoms with Crippen LogP contribution >= 0.6 is 0 Å². The number of urea groups is 1. The number of nitrogens with one attached hydrogen (secondary N) is 3. The van der Waals surface area contributed by atoms with Gasteiger partial charge in [-0.3, -0.25) is 10.1 Å². The third-order valence-electron chi connectivity index (χ3n) is 4.30. The fourth-order valence-corrected chi connectivity index (χ4v) is 4.31. The summed E-state index contributed by atoms with van der Waals surface area (Å²) in [5.74, 6) is -1.63. The number of esters is 1. The first-order valence-electron chi connectivity index (χ1n) is 9.57. The predicted molar refractivity (Wildman–Crippen MR) is 106 cm³/mol. The molecular weight excluding hydrogens is 398 g/mol. The molecule has 0 heterocycles. The molecule has 3 N–H and O–H groups in total.